The number of hydrogen-bond donors (Lipinski definition) is 1. The van der Waals surface area contributed by atoms with Crippen molar-refractivity contribution in [3.8, 4) is 0 Å². The molecule has 0 aliphatic rings. The lowest BCUT2D eigenvalue weighted by Crippen LogP contribution is -2.07. The minimum Gasteiger partial charge on any atom is -0.477 e. The smallest absolute Gasteiger partial charge is 0.346 e. The minimum atomic E-state index is -3.68. The summed E-state index contributed by atoms with van der Waals surface area (Å²) in [6.07, 6.45) is 0. The van der Waals surface area contributed by atoms with Crippen LogP contribution in [0.5, 0.6) is 0 Å². The second kappa shape index (κ2) is 5.73. The van der Waals surface area contributed by atoms with Gasteiger partial charge in [0.05, 0.1) is 20.7 Å². The molecule has 0 fully saturated rings. The molecule has 1 aromatic heterocycles. The highest BCUT2D eigenvalue weighted by Gasteiger charge is 2.21. The number of benzene rings is 1. The highest BCUT2D eigenvalue weighted by Crippen LogP contribution is 2.28. The van der Waals surface area contributed by atoms with E-state index in [0.29, 0.717) is 0 Å². The Morgan fingerprint density at radius 2 is 1.90 bits per heavy atom. The van der Waals surface area contributed by atoms with E-state index in [-0.39, 0.29) is 25.4 Å². The van der Waals surface area contributed by atoms with Crippen LogP contribution in [-0.4, -0.2) is 19.5 Å². The van der Waals surface area contributed by atoms with Gasteiger partial charge >= 0.3 is 5.97 Å². The Balaban J connectivity index is 2.38. The maximum absolute atomic E-state index is 12.2. The van der Waals surface area contributed by atoms with Gasteiger partial charge < -0.3 is 5.11 Å². The summed E-state index contributed by atoms with van der Waals surface area (Å²) in [4.78, 5) is 11.0. The van der Waals surface area contributed by atoms with Gasteiger partial charge in [0.1, 0.15) is 4.88 Å². The van der Waals surface area contributed by atoms with Gasteiger partial charge in [0.25, 0.3) is 0 Å². The van der Waals surface area contributed by atoms with Crippen LogP contribution in [-0.2, 0) is 15.6 Å². The van der Waals surface area contributed by atoms with Crippen LogP contribution in [0.1, 0.15) is 15.2 Å². The number of halogens is 2. The van der Waals surface area contributed by atoms with E-state index in [0.717, 1.165) is 11.3 Å². The van der Waals surface area contributed by atoms with Crippen LogP contribution in [0.25, 0.3) is 0 Å². The Labute approximate surface area is 129 Å². The first-order valence-electron chi connectivity index (χ1n) is 5.29. The van der Waals surface area contributed by atoms with Crippen molar-refractivity contribution >= 4 is 50.3 Å². The van der Waals surface area contributed by atoms with Crippen LogP contribution in [0.2, 0.25) is 10.0 Å². The fourth-order valence-corrected chi connectivity index (χ4v) is 4.20. The van der Waals surface area contributed by atoms with Gasteiger partial charge in [-0.3, -0.25) is 0 Å². The molecule has 1 N–H and O–H groups in total. The van der Waals surface area contributed by atoms with Gasteiger partial charge in [0.2, 0.25) is 0 Å². The fraction of sp³-hybridized carbons (Fsp3) is 0.0833. The first-order valence-corrected chi connectivity index (χ1v) is 8.57. The molecule has 0 saturated carbocycles. The molecule has 8 heteroatoms. The van der Waals surface area contributed by atoms with Crippen molar-refractivity contribution in [2.24, 2.45) is 0 Å². The molecule has 1 heterocycles. The van der Waals surface area contributed by atoms with Gasteiger partial charge in [-0.05, 0) is 35.2 Å². The second-order valence-electron chi connectivity index (χ2n) is 3.92. The van der Waals surface area contributed by atoms with Gasteiger partial charge in [-0.1, -0.05) is 23.2 Å². The molecule has 2 rings (SSSR count). The molecule has 1 aromatic carbocycles. The molecule has 2 aromatic rings. The van der Waals surface area contributed by atoms with E-state index in [4.69, 9.17) is 28.3 Å². The number of hydrogen-bond acceptors (Lipinski definition) is 4. The zero-order valence-electron chi connectivity index (χ0n) is 9.84. The number of rotatable bonds is 4. The van der Waals surface area contributed by atoms with E-state index in [1.54, 1.807) is 5.38 Å². The predicted molar refractivity (Wildman–Crippen MR) is 78.6 cm³/mol. The summed E-state index contributed by atoms with van der Waals surface area (Å²) in [5.74, 6) is -1.53. The van der Waals surface area contributed by atoms with Crippen molar-refractivity contribution in [3.05, 3.63) is 50.1 Å². The van der Waals surface area contributed by atoms with Crippen LogP contribution in [0.4, 0.5) is 0 Å². The number of carboxylic acid groups (broad SMARTS) is 1. The van der Waals surface area contributed by atoms with Gasteiger partial charge in [0.15, 0.2) is 9.84 Å². The molecule has 0 saturated heterocycles. The highest BCUT2D eigenvalue weighted by molar-refractivity contribution is 7.90. The summed E-state index contributed by atoms with van der Waals surface area (Å²) in [5, 5.41) is 10.9. The van der Waals surface area contributed by atoms with Crippen LogP contribution in [0.3, 0.4) is 0 Å². The predicted octanol–water partition coefficient (Wildman–Crippen LogP) is 3.73. The van der Waals surface area contributed by atoms with E-state index in [1.807, 2.05) is 0 Å². The van der Waals surface area contributed by atoms with E-state index in [9.17, 15) is 13.2 Å². The number of aromatic carboxylic acids is 1. The second-order valence-corrected chi connectivity index (χ2v) is 7.64. The van der Waals surface area contributed by atoms with Crippen LogP contribution in [0.15, 0.2) is 34.5 Å². The molecule has 0 atom stereocenters. The lowest BCUT2D eigenvalue weighted by atomic mass is 10.3. The molecular formula is C12H8Cl2O4S2. The van der Waals surface area contributed by atoms with Gasteiger partial charge in [-0.15, -0.1) is 11.3 Å². The van der Waals surface area contributed by atoms with Gasteiger partial charge in [-0.25, -0.2) is 13.2 Å². The van der Waals surface area contributed by atoms with Crippen LogP contribution in [0, 0.1) is 0 Å². The summed E-state index contributed by atoms with van der Waals surface area (Å²) >= 11 is 12.5. The monoisotopic (exact) mass is 350 g/mol. The Hall–Kier alpha value is -1.08. The quantitative estimate of drug-likeness (QED) is 0.911. The van der Waals surface area contributed by atoms with Crippen molar-refractivity contribution in [2.45, 2.75) is 10.6 Å². The van der Waals surface area contributed by atoms with Crippen molar-refractivity contribution in [2.75, 3.05) is 0 Å². The van der Waals surface area contributed by atoms with E-state index in [1.165, 1.54) is 24.3 Å². The standard InChI is InChI=1S/C12H8Cl2O4S2/c13-9-2-1-8(5-10(9)14)20(17,18)6-7-3-4-19-11(7)12(15)16/h1-5H,6H2,(H,15,16). The molecule has 4 nitrogen and oxygen atoms in total. The number of carbonyl (C=O) groups is 1. The maximum Gasteiger partial charge on any atom is 0.346 e. The zero-order valence-corrected chi connectivity index (χ0v) is 13.0. The third-order valence-electron chi connectivity index (χ3n) is 2.54. The Bertz CT molecular complexity index is 766. The topological polar surface area (TPSA) is 71.4 Å². The molecule has 0 amide bonds. The normalized spacial score (nSPS) is 11.5. The minimum absolute atomic E-state index is 0.00874. The number of carboxylic acids is 1. The van der Waals surface area contributed by atoms with Crippen molar-refractivity contribution in [1.29, 1.82) is 0 Å². The van der Waals surface area contributed by atoms with Crippen molar-refractivity contribution < 1.29 is 18.3 Å². The molecule has 0 unspecified atom stereocenters. The van der Waals surface area contributed by atoms with E-state index >= 15 is 0 Å². The summed E-state index contributed by atoms with van der Waals surface area (Å²) in [5.41, 5.74) is 0.258. The number of thiophene rings is 1. The summed E-state index contributed by atoms with van der Waals surface area (Å²) < 4.78 is 24.5. The maximum atomic E-state index is 12.2. The molecule has 0 aliphatic carbocycles. The third kappa shape index (κ3) is 3.15. The molecule has 0 aliphatic heterocycles. The molecular weight excluding hydrogens is 343 g/mol. The van der Waals surface area contributed by atoms with Crippen LogP contribution < -0.4 is 0 Å². The van der Waals surface area contributed by atoms with Crippen molar-refractivity contribution in [1.82, 2.24) is 0 Å². The van der Waals surface area contributed by atoms with E-state index < -0.39 is 21.6 Å². The average Bonchev–Trinajstić information content (AvgIpc) is 2.80. The number of sulfone groups is 1. The molecule has 0 spiro atoms. The first-order chi connectivity index (χ1) is 9.31. The fourth-order valence-electron chi connectivity index (χ4n) is 1.60. The Kier molecular flexibility index (Phi) is 4.39. The highest BCUT2D eigenvalue weighted by atomic mass is 35.5. The molecule has 0 bridgehead atoms. The summed E-state index contributed by atoms with van der Waals surface area (Å²) in [6.45, 7) is 0. The summed E-state index contributed by atoms with van der Waals surface area (Å²) in [6, 6.07) is 5.48. The molecule has 20 heavy (non-hydrogen) atoms. The third-order valence-corrected chi connectivity index (χ3v) is 5.88. The lowest BCUT2D eigenvalue weighted by Gasteiger charge is -2.05. The average molecular weight is 351 g/mol. The summed E-state index contributed by atoms with van der Waals surface area (Å²) in [7, 11) is -3.68. The zero-order chi connectivity index (χ0) is 14.9. The first kappa shape index (κ1) is 15.3. The van der Waals surface area contributed by atoms with Gasteiger partial charge in [0, 0.05) is 0 Å². The largest absolute Gasteiger partial charge is 0.477 e. The van der Waals surface area contributed by atoms with Gasteiger partial charge in [-0.2, -0.15) is 0 Å². The molecule has 106 valence electrons. The Morgan fingerprint density at radius 1 is 1.20 bits per heavy atom. The van der Waals surface area contributed by atoms with Crippen LogP contribution >= 0.6 is 34.5 Å². The van der Waals surface area contributed by atoms with E-state index in [2.05, 4.69) is 0 Å². The Morgan fingerprint density at radius 3 is 2.50 bits per heavy atom. The lowest BCUT2D eigenvalue weighted by molar-refractivity contribution is 0.0701. The SMILES string of the molecule is O=C(O)c1sccc1CS(=O)(=O)c1ccc(Cl)c(Cl)c1. The van der Waals surface area contributed by atoms with Crippen molar-refractivity contribution in [3.63, 3.8) is 0 Å². The molecule has 0 radical (unpaired) electrons.